The van der Waals surface area contributed by atoms with Crippen LogP contribution in [0.2, 0.25) is 0 Å². The molecule has 5 nitrogen and oxygen atoms in total. The van der Waals surface area contributed by atoms with E-state index in [1.165, 1.54) is 11.1 Å². The number of nitrogens with zero attached hydrogens (tertiary/aromatic N) is 3. The number of amides is 2. The highest BCUT2D eigenvalue weighted by molar-refractivity contribution is 5.94. The molecule has 0 unspecified atom stereocenters. The summed E-state index contributed by atoms with van der Waals surface area (Å²) in [6, 6.07) is 17.6. The van der Waals surface area contributed by atoms with Crippen LogP contribution in [0.5, 0.6) is 0 Å². The summed E-state index contributed by atoms with van der Waals surface area (Å²) in [7, 11) is 0. The van der Waals surface area contributed by atoms with Crippen molar-refractivity contribution in [3.8, 4) is 0 Å². The Kier molecular flexibility index (Phi) is 5.44. The molecule has 0 N–H and O–H groups in total. The molecule has 1 fully saturated rings. The summed E-state index contributed by atoms with van der Waals surface area (Å²) in [6.45, 7) is 6.27. The highest BCUT2D eigenvalue weighted by Gasteiger charge is 2.31. The number of piperazine rings is 1. The lowest BCUT2D eigenvalue weighted by atomic mass is 9.99. The van der Waals surface area contributed by atoms with Crippen LogP contribution < -0.4 is 0 Å². The molecule has 0 bridgehead atoms. The molecule has 28 heavy (non-hydrogen) atoms. The molecule has 2 aliphatic rings. The van der Waals surface area contributed by atoms with Crippen molar-refractivity contribution < 1.29 is 9.59 Å². The van der Waals surface area contributed by atoms with Crippen LogP contribution in [0.4, 0.5) is 0 Å². The Labute approximate surface area is 166 Å². The van der Waals surface area contributed by atoms with Crippen LogP contribution in [-0.4, -0.2) is 65.3 Å². The first-order valence-electron chi connectivity index (χ1n) is 10.1. The molecule has 2 amide bonds. The van der Waals surface area contributed by atoms with E-state index in [0.29, 0.717) is 19.6 Å². The van der Waals surface area contributed by atoms with Gasteiger partial charge in [-0.2, -0.15) is 0 Å². The van der Waals surface area contributed by atoms with Crippen LogP contribution in [-0.2, 0) is 17.8 Å². The predicted octanol–water partition coefficient (Wildman–Crippen LogP) is 2.42. The van der Waals surface area contributed by atoms with Gasteiger partial charge in [-0.25, -0.2) is 0 Å². The van der Waals surface area contributed by atoms with Gasteiger partial charge in [-0.15, -0.1) is 0 Å². The minimum Gasteiger partial charge on any atom is -0.337 e. The van der Waals surface area contributed by atoms with Crippen LogP contribution in [0.3, 0.4) is 0 Å². The van der Waals surface area contributed by atoms with Gasteiger partial charge in [0.05, 0.1) is 6.04 Å². The van der Waals surface area contributed by atoms with Crippen LogP contribution in [0.1, 0.15) is 28.4 Å². The molecule has 0 spiro atoms. The van der Waals surface area contributed by atoms with Crippen LogP contribution in [0, 0.1) is 0 Å². The second-order valence-electron chi connectivity index (χ2n) is 7.65. The van der Waals surface area contributed by atoms with E-state index in [4.69, 9.17) is 0 Å². The van der Waals surface area contributed by atoms with Gasteiger partial charge in [0.1, 0.15) is 0 Å². The number of carbonyl (C=O) groups excluding carboxylic acids is 2. The van der Waals surface area contributed by atoms with Crippen molar-refractivity contribution in [1.82, 2.24) is 14.7 Å². The molecule has 2 aliphatic heterocycles. The summed E-state index contributed by atoms with van der Waals surface area (Å²) in [5.41, 5.74) is 3.34. The van der Waals surface area contributed by atoms with Crippen LogP contribution >= 0.6 is 0 Å². The first-order valence-corrected chi connectivity index (χ1v) is 10.1. The van der Waals surface area contributed by atoms with E-state index in [-0.39, 0.29) is 17.9 Å². The molecule has 2 aromatic carbocycles. The third-order valence-electron chi connectivity index (χ3n) is 5.97. The van der Waals surface area contributed by atoms with Crippen molar-refractivity contribution >= 4 is 11.8 Å². The minimum absolute atomic E-state index is 0.0758. The summed E-state index contributed by atoms with van der Waals surface area (Å²) in [5, 5.41) is 0. The molecular formula is C23H27N3O2. The minimum atomic E-state index is -0.153. The molecule has 4 rings (SSSR count). The van der Waals surface area contributed by atoms with Crippen molar-refractivity contribution in [2.75, 3.05) is 32.7 Å². The topological polar surface area (TPSA) is 43.9 Å². The average Bonchev–Trinajstić information content (AvgIpc) is 2.78. The molecule has 146 valence electrons. The Balaban J connectivity index is 1.33. The monoisotopic (exact) mass is 377 g/mol. The lowest BCUT2D eigenvalue weighted by molar-refractivity contribution is -0.137. The van der Waals surface area contributed by atoms with E-state index in [9.17, 15) is 9.59 Å². The first-order chi connectivity index (χ1) is 13.6. The third kappa shape index (κ3) is 3.80. The maximum atomic E-state index is 13.0. The van der Waals surface area contributed by atoms with Crippen LogP contribution in [0.25, 0.3) is 0 Å². The number of benzene rings is 2. The Bertz CT molecular complexity index is 844. The fourth-order valence-corrected chi connectivity index (χ4v) is 4.18. The van der Waals surface area contributed by atoms with Gasteiger partial charge < -0.3 is 9.80 Å². The van der Waals surface area contributed by atoms with E-state index < -0.39 is 0 Å². The van der Waals surface area contributed by atoms with Gasteiger partial charge in [0.25, 0.3) is 5.91 Å². The zero-order valence-electron chi connectivity index (χ0n) is 16.4. The zero-order valence-corrected chi connectivity index (χ0v) is 16.4. The SMILES string of the molecule is C[C@@H](C(=O)N1CCc2ccccc2C1)N1CCN(C(=O)c2ccccc2)CC1. The number of carbonyl (C=O) groups is 2. The second-order valence-corrected chi connectivity index (χ2v) is 7.65. The average molecular weight is 377 g/mol. The van der Waals surface area contributed by atoms with Crippen molar-refractivity contribution in [3.05, 3.63) is 71.3 Å². The molecule has 1 atom stereocenters. The Hall–Kier alpha value is -2.66. The van der Waals surface area contributed by atoms with Gasteiger partial charge in [-0.3, -0.25) is 14.5 Å². The van der Waals surface area contributed by atoms with Gasteiger partial charge in [0, 0.05) is 44.8 Å². The van der Waals surface area contributed by atoms with Crippen molar-refractivity contribution in [3.63, 3.8) is 0 Å². The van der Waals surface area contributed by atoms with E-state index in [1.54, 1.807) is 0 Å². The number of rotatable bonds is 3. The zero-order chi connectivity index (χ0) is 19.5. The maximum absolute atomic E-state index is 13.0. The van der Waals surface area contributed by atoms with E-state index in [0.717, 1.165) is 31.6 Å². The summed E-state index contributed by atoms with van der Waals surface area (Å²) in [5.74, 6) is 0.268. The summed E-state index contributed by atoms with van der Waals surface area (Å²) in [4.78, 5) is 31.7. The highest BCUT2D eigenvalue weighted by atomic mass is 16.2. The Morgan fingerprint density at radius 2 is 1.43 bits per heavy atom. The van der Waals surface area contributed by atoms with Gasteiger partial charge >= 0.3 is 0 Å². The number of hydrogen-bond donors (Lipinski definition) is 0. The third-order valence-corrected chi connectivity index (χ3v) is 5.97. The molecule has 0 aliphatic carbocycles. The van der Waals surface area contributed by atoms with Gasteiger partial charge in [-0.05, 0) is 36.6 Å². The van der Waals surface area contributed by atoms with Gasteiger partial charge in [0.15, 0.2) is 0 Å². The number of hydrogen-bond acceptors (Lipinski definition) is 3. The van der Waals surface area contributed by atoms with E-state index >= 15 is 0 Å². The largest absolute Gasteiger partial charge is 0.337 e. The highest BCUT2D eigenvalue weighted by Crippen LogP contribution is 2.20. The fraction of sp³-hybridized carbons (Fsp3) is 0.391. The predicted molar refractivity (Wildman–Crippen MR) is 109 cm³/mol. The van der Waals surface area contributed by atoms with Crippen LogP contribution in [0.15, 0.2) is 54.6 Å². The van der Waals surface area contributed by atoms with Crippen molar-refractivity contribution in [2.45, 2.75) is 25.9 Å². The molecule has 0 aromatic heterocycles. The number of fused-ring (bicyclic) bond motifs is 1. The van der Waals surface area contributed by atoms with E-state index in [2.05, 4.69) is 23.1 Å². The van der Waals surface area contributed by atoms with Gasteiger partial charge in [0.2, 0.25) is 5.91 Å². The normalized spacial score (nSPS) is 18.5. The quantitative estimate of drug-likeness (QED) is 0.825. The Morgan fingerprint density at radius 1 is 0.786 bits per heavy atom. The van der Waals surface area contributed by atoms with Gasteiger partial charge in [-0.1, -0.05) is 42.5 Å². The summed E-state index contributed by atoms with van der Waals surface area (Å²) < 4.78 is 0. The second kappa shape index (κ2) is 8.15. The molecular weight excluding hydrogens is 350 g/mol. The fourth-order valence-electron chi connectivity index (χ4n) is 4.18. The molecule has 2 heterocycles. The molecule has 2 aromatic rings. The summed E-state index contributed by atoms with van der Waals surface area (Å²) >= 11 is 0. The molecule has 5 heteroatoms. The maximum Gasteiger partial charge on any atom is 0.253 e. The lowest BCUT2D eigenvalue weighted by Crippen LogP contribution is -2.55. The van der Waals surface area contributed by atoms with E-state index in [1.807, 2.05) is 53.1 Å². The lowest BCUT2D eigenvalue weighted by Gasteiger charge is -2.39. The standard InChI is InChI=1S/C23H27N3O2/c1-18(22(27)26-12-11-19-7-5-6-10-21(19)17-26)24-13-15-25(16-14-24)23(28)20-8-3-2-4-9-20/h2-10,18H,11-17H2,1H3/t18-/m0/s1. The first kappa shape index (κ1) is 18.7. The molecule has 0 radical (unpaired) electrons. The summed E-state index contributed by atoms with van der Waals surface area (Å²) in [6.07, 6.45) is 0.925. The molecule has 0 saturated carbocycles. The smallest absolute Gasteiger partial charge is 0.253 e. The van der Waals surface area contributed by atoms with Crippen molar-refractivity contribution in [1.29, 1.82) is 0 Å². The Morgan fingerprint density at radius 3 is 2.14 bits per heavy atom. The van der Waals surface area contributed by atoms with Crippen molar-refractivity contribution in [2.24, 2.45) is 0 Å². The molecule has 1 saturated heterocycles.